The maximum absolute atomic E-state index is 11.9. The first-order valence-electron chi connectivity index (χ1n) is 6.33. The van der Waals surface area contributed by atoms with Crippen LogP contribution in [0.1, 0.15) is 19.1 Å². The van der Waals surface area contributed by atoms with E-state index in [0.717, 1.165) is 0 Å². The largest absolute Gasteiger partial charge is 0.467 e. The lowest BCUT2D eigenvalue weighted by molar-refractivity contribution is -0.123. The highest BCUT2D eigenvalue weighted by molar-refractivity contribution is 5.81. The summed E-state index contributed by atoms with van der Waals surface area (Å²) < 4.78 is 10.2. The lowest BCUT2D eigenvalue weighted by atomic mass is 10.2. The normalized spacial score (nSPS) is 14.1. The zero-order chi connectivity index (χ0) is 14.1. The number of carbonyl (C=O) groups is 1. The molecule has 108 valence electrons. The molecular formula is C13H22N2O4. The Morgan fingerprint density at radius 2 is 2.37 bits per heavy atom. The average molecular weight is 270 g/mol. The molecule has 6 nitrogen and oxygen atoms in total. The molecule has 0 aromatic carbocycles. The minimum atomic E-state index is -0.360. The molecular weight excluding hydrogens is 248 g/mol. The van der Waals surface area contributed by atoms with Crippen molar-refractivity contribution in [3.63, 3.8) is 0 Å². The third-order valence-electron chi connectivity index (χ3n) is 2.74. The van der Waals surface area contributed by atoms with Crippen LogP contribution in [0.5, 0.6) is 0 Å². The molecule has 2 atom stereocenters. The predicted octanol–water partition coefficient (Wildman–Crippen LogP) is 0.271. The molecule has 2 unspecified atom stereocenters. The van der Waals surface area contributed by atoms with Gasteiger partial charge in [-0.2, -0.15) is 0 Å². The fourth-order valence-corrected chi connectivity index (χ4v) is 1.74. The number of hydrogen-bond donors (Lipinski definition) is 3. The number of nitrogens with one attached hydrogen (secondary N) is 2. The first kappa shape index (κ1) is 15.7. The fourth-order valence-electron chi connectivity index (χ4n) is 1.74. The maximum Gasteiger partial charge on any atom is 0.237 e. The molecule has 0 saturated heterocycles. The molecule has 0 aliphatic rings. The molecule has 0 spiro atoms. The summed E-state index contributed by atoms with van der Waals surface area (Å²) in [6, 6.07) is 3.18. The van der Waals surface area contributed by atoms with E-state index in [1.54, 1.807) is 32.4 Å². The van der Waals surface area contributed by atoms with E-state index in [9.17, 15) is 4.79 Å². The van der Waals surface area contributed by atoms with Crippen molar-refractivity contribution in [3.8, 4) is 0 Å². The van der Waals surface area contributed by atoms with Gasteiger partial charge >= 0.3 is 0 Å². The van der Waals surface area contributed by atoms with Gasteiger partial charge in [0, 0.05) is 19.8 Å². The Balaban J connectivity index is 2.33. The summed E-state index contributed by atoms with van der Waals surface area (Å²) in [5.74, 6) is 0.597. The highest BCUT2D eigenvalue weighted by Gasteiger charge is 2.17. The van der Waals surface area contributed by atoms with E-state index in [-0.39, 0.29) is 24.6 Å². The van der Waals surface area contributed by atoms with Gasteiger partial charge in [-0.1, -0.05) is 0 Å². The second-order valence-corrected chi connectivity index (χ2v) is 4.35. The minimum Gasteiger partial charge on any atom is -0.467 e. The number of hydrogen-bond acceptors (Lipinski definition) is 5. The molecule has 0 fully saturated rings. The summed E-state index contributed by atoms with van der Waals surface area (Å²) in [4.78, 5) is 11.9. The van der Waals surface area contributed by atoms with Crippen LogP contribution in [-0.4, -0.2) is 43.4 Å². The van der Waals surface area contributed by atoms with Gasteiger partial charge in [-0.15, -0.1) is 0 Å². The Morgan fingerprint density at radius 1 is 1.58 bits per heavy atom. The lowest BCUT2D eigenvalue weighted by Crippen LogP contribution is -2.48. The molecule has 0 saturated carbocycles. The molecule has 1 rings (SSSR count). The van der Waals surface area contributed by atoms with Gasteiger partial charge in [-0.3, -0.25) is 4.79 Å². The van der Waals surface area contributed by atoms with Crippen molar-refractivity contribution in [2.75, 3.05) is 20.3 Å². The molecule has 3 N–H and O–H groups in total. The van der Waals surface area contributed by atoms with Gasteiger partial charge in [0.25, 0.3) is 0 Å². The fraction of sp³-hybridized carbons (Fsp3) is 0.615. The van der Waals surface area contributed by atoms with Crippen LogP contribution in [0, 0.1) is 0 Å². The summed E-state index contributed by atoms with van der Waals surface area (Å²) >= 11 is 0. The van der Waals surface area contributed by atoms with Gasteiger partial charge in [-0.05, 0) is 25.5 Å². The van der Waals surface area contributed by atoms with Gasteiger partial charge in [0.05, 0.1) is 25.5 Å². The molecule has 19 heavy (non-hydrogen) atoms. The second-order valence-electron chi connectivity index (χ2n) is 4.35. The summed E-state index contributed by atoms with van der Waals surface area (Å²) in [5.41, 5.74) is 0. The van der Waals surface area contributed by atoms with Crippen LogP contribution in [0.15, 0.2) is 22.8 Å². The average Bonchev–Trinajstić information content (AvgIpc) is 2.89. The summed E-state index contributed by atoms with van der Waals surface area (Å²) in [6.45, 7) is 2.66. The van der Waals surface area contributed by atoms with Crippen molar-refractivity contribution >= 4 is 5.91 Å². The number of rotatable bonds is 9. The number of ether oxygens (including phenoxy) is 1. The third kappa shape index (κ3) is 5.87. The van der Waals surface area contributed by atoms with Crippen LogP contribution in [0.3, 0.4) is 0 Å². The number of aliphatic hydroxyl groups excluding tert-OH is 1. The Labute approximate surface area is 113 Å². The topological polar surface area (TPSA) is 83.7 Å². The van der Waals surface area contributed by atoms with Crippen LogP contribution >= 0.6 is 0 Å². The molecule has 0 aliphatic carbocycles. The van der Waals surface area contributed by atoms with Crippen LogP contribution in [-0.2, 0) is 16.1 Å². The van der Waals surface area contributed by atoms with Crippen LogP contribution in [0.4, 0.5) is 0 Å². The van der Waals surface area contributed by atoms with Crippen LogP contribution in [0.2, 0.25) is 0 Å². The van der Waals surface area contributed by atoms with E-state index in [0.29, 0.717) is 25.3 Å². The molecule has 1 heterocycles. The summed E-state index contributed by atoms with van der Waals surface area (Å²) in [7, 11) is 1.59. The van der Waals surface area contributed by atoms with Crippen molar-refractivity contribution in [1.82, 2.24) is 10.6 Å². The van der Waals surface area contributed by atoms with E-state index >= 15 is 0 Å². The Kier molecular flexibility index (Phi) is 7.17. The van der Waals surface area contributed by atoms with Crippen molar-refractivity contribution in [2.24, 2.45) is 0 Å². The zero-order valence-corrected chi connectivity index (χ0v) is 11.4. The molecule has 6 heteroatoms. The Bertz CT molecular complexity index is 348. The monoisotopic (exact) mass is 270 g/mol. The van der Waals surface area contributed by atoms with Crippen molar-refractivity contribution < 1.29 is 19.1 Å². The maximum atomic E-state index is 11.9. The first-order chi connectivity index (χ1) is 9.17. The lowest BCUT2D eigenvalue weighted by Gasteiger charge is -2.21. The number of methoxy groups -OCH3 is 1. The SMILES string of the molecule is COCC(CCO)NC(C)C(=O)NCc1ccco1. The van der Waals surface area contributed by atoms with Gasteiger partial charge < -0.3 is 24.9 Å². The third-order valence-corrected chi connectivity index (χ3v) is 2.74. The van der Waals surface area contributed by atoms with E-state index in [1.807, 2.05) is 0 Å². The van der Waals surface area contributed by atoms with E-state index in [4.69, 9.17) is 14.3 Å². The van der Waals surface area contributed by atoms with Gasteiger partial charge in [0.15, 0.2) is 0 Å². The molecule has 0 radical (unpaired) electrons. The van der Waals surface area contributed by atoms with Crippen molar-refractivity contribution in [2.45, 2.75) is 32.0 Å². The summed E-state index contributed by atoms with van der Waals surface area (Å²) in [5, 5.41) is 14.8. The number of amides is 1. The molecule has 1 aromatic heterocycles. The number of carbonyl (C=O) groups excluding carboxylic acids is 1. The van der Waals surface area contributed by atoms with E-state index in [2.05, 4.69) is 10.6 Å². The highest BCUT2D eigenvalue weighted by Crippen LogP contribution is 2.00. The van der Waals surface area contributed by atoms with Crippen LogP contribution < -0.4 is 10.6 Å². The van der Waals surface area contributed by atoms with E-state index < -0.39 is 0 Å². The van der Waals surface area contributed by atoms with Gasteiger partial charge in [-0.25, -0.2) is 0 Å². The number of furan rings is 1. The molecule has 1 aromatic rings. The van der Waals surface area contributed by atoms with Crippen molar-refractivity contribution in [3.05, 3.63) is 24.2 Å². The quantitative estimate of drug-likeness (QED) is 0.600. The number of aliphatic hydroxyl groups is 1. The zero-order valence-electron chi connectivity index (χ0n) is 11.4. The standard InChI is InChI=1S/C13H22N2O4/c1-10(15-11(5-6-16)9-18-2)13(17)14-8-12-4-3-7-19-12/h3-4,7,10-11,15-16H,5-6,8-9H2,1-2H3,(H,14,17). The predicted molar refractivity (Wildman–Crippen MR) is 70.5 cm³/mol. The van der Waals surface area contributed by atoms with Crippen molar-refractivity contribution in [1.29, 1.82) is 0 Å². The highest BCUT2D eigenvalue weighted by atomic mass is 16.5. The van der Waals surface area contributed by atoms with Gasteiger partial charge in [0.2, 0.25) is 5.91 Å². The first-order valence-corrected chi connectivity index (χ1v) is 6.33. The second kappa shape index (κ2) is 8.68. The molecule has 0 aliphatic heterocycles. The molecule has 0 bridgehead atoms. The van der Waals surface area contributed by atoms with Crippen LogP contribution in [0.25, 0.3) is 0 Å². The van der Waals surface area contributed by atoms with Gasteiger partial charge in [0.1, 0.15) is 5.76 Å². The Morgan fingerprint density at radius 3 is 2.95 bits per heavy atom. The molecule has 1 amide bonds. The smallest absolute Gasteiger partial charge is 0.237 e. The minimum absolute atomic E-state index is 0.0423. The Hall–Kier alpha value is -1.37. The summed E-state index contributed by atoms with van der Waals surface area (Å²) in [6.07, 6.45) is 2.11. The van der Waals surface area contributed by atoms with E-state index in [1.165, 1.54) is 0 Å².